The van der Waals surface area contributed by atoms with E-state index in [9.17, 15) is 9.59 Å². The minimum atomic E-state index is -0.818. The fourth-order valence-electron chi connectivity index (χ4n) is 3.75. The Morgan fingerprint density at radius 2 is 1.93 bits per heavy atom. The Bertz CT molecular complexity index is 681. The lowest BCUT2D eigenvalue weighted by atomic mass is 9.80. The summed E-state index contributed by atoms with van der Waals surface area (Å²) in [5, 5.41) is 10.1. The average molecular weight is 371 g/mol. The number of carbonyl (C=O) groups excluding carboxylic acids is 2. The van der Waals surface area contributed by atoms with Crippen LogP contribution in [0.15, 0.2) is 35.5 Å². The van der Waals surface area contributed by atoms with Crippen LogP contribution >= 0.6 is 0 Å². The van der Waals surface area contributed by atoms with Crippen LogP contribution in [-0.4, -0.2) is 35.7 Å². The Morgan fingerprint density at radius 1 is 1.19 bits per heavy atom. The van der Waals surface area contributed by atoms with E-state index in [-0.39, 0.29) is 11.8 Å². The smallest absolute Gasteiger partial charge is 0.265 e. The lowest BCUT2D eigenvalue weighted by molar-refractivity contribution is -0.140. The first kappa shape index (κ1) is 19.4. The number of amides is 2. The van der Waals surface area contributed by atoms with Crippen LogP contribution in [0.4, 0.5) is 0 Å². The minimum Gasteiger partial charge on any atom is -0.382 e. The zero-order valence-electron chi connectivity index (χ0n) is 16.0. The van der Waals surface area contributed by atoms with Crippen molar-refractivity contribution in [3.8, 4) is 0 Å². The van der Waals surface area contributed by atoms with E-state index in [1.165, 1.54) is 0 Å². The molecule has 1 unspecified atom stereocenters. The van der Waals surface area contributed by atoms with Gasteiger partial charge in [-0.2, -0.15) is 0 Å². The first-order chi connectivity index (χ1) is 13.1. The van der Waals surface area contributed by atoms with E-state index in [1.54, 1.807) is 0 Å². The molecule has 0 saturated heterocycles. The highest BCUT2D eigenvalue weighted by atomic mass is 16.6. The third kappa shape index (κ3) is 4.67. The molecule has 2 N–H and O–H groups in total. The molecular formula is C21H29N3O3. The zero-order chi connectivity index (χ0) is 19.1. The minimum absolute atomic E-state index is 0.0637. The number of unbranched alkanes of at least 4 members (excludes halogenated alkanes) is 1. The predicted molar refractivity (Wildman–Crippen MR) is 104 cm³/mol. The van der Waals surface area contributed by atoms with Gasteiger partial charge >= 0.3 is 0 Å². The molecular weight excluding hydrogens is 342 g/mol. The molecule has 0 spiro atoms. The number of carbonyl (C=O) groups is 2. The molecule has 1 saturated carbocycles. The maximum absolute atomic E-state index is 12.8. The second-order valence-corrected chi connectivity index (χ2v) is 7.44. The Balaban J connectivity index is 1.62. The topological polar surface area (TPSA) is 79.8 Å². The summed E-state index contributed by atoms with van der Waals surface area (Å²) in [7, 11) is 0. The molecule has 1 aromatic carbocycles. The van der Waals surface area contributed by atoms with Gasteiger partial charge in [-0.3, -0.25) is 9.59 Å². The van der Waals surface area contributed by atoms with E-state index < -0.39 is 11.6 Å². The molecule has 0 bridgehead atoms. The largest absolute Gasteiger partial charge is 0.382 e. The van der Waals surface area contributed by atoms with Crippen molar-refractivity contribution in [1.82, 2.24) is 10.6 Å². The number of benzene rings is 1. The number of hydrogen-bond donors (Lipinski definition) is 2. The molecule has 1 fully saturated rings. The van der Waals surface area contributed by atoms with Crippen LogP contribution in [0.25, 0.3) is 0 Å². The van der Waals surface area contributed by atoms with Gasteiger partial charge in [-0.25, -0.2) is 0 Å². The summed E-state index contributed by atoms with van der Waals surface area (Å²) >= 11 is 0. The van der Waals surface area contributed by atoms with Crippen molar-refractivity contribution in [1.29, 1.82) is 0 Å². The summed E-state index contributed by atoms with van der Waals surface area (Å²) in [6, 6.07) is 9.71. The highest BCUT2D eigenvalue weighted by Crippen LogP contribution is 2.29. The summed E-state index contributed by atoms with van der Waals surface area (Å²) in [4.78, 5) is 31.1. The molecule has 6 heteroatoms. The predicted octanol–water partition coefficient (Wildman–Crippen LogP) is 2.92. The van der Waals surface area contributed by atoms with Crippen molar-refractivity contribution in [2.24, 2.45) is 5.16 Å². The van der Waals surface area contributed by atoms with Crippen LogP contribution in [-0.2, 0) is 14.4 Å². The number of nitrogens with zero attached hydrogens (tertiary/aromatic N) is 1. The van der Waals surface area contributed by atoms with Crippen LogP contribution in [0, 0.1) is 0 Å². The Hall–Kier alpha value is -2.37. The second kappa shape index (κ2) is 9.02. The molecule has 146 valence electrons. The van der Waals surface area contributed by atoms with E-state index >= 15 is 0 Å². The summed E-state index contributed by atoms with van der Waals surface area (Å²) < 4.78 is 0. The molecule has 0 radical (unpaired) electrons. The van der Waals surface area contributed by atoms with Gasteiger partial charge in [0.2, 0.25) is 12.0 Å². The number of hydrogen-bond acceptors (Lipinski definition) is 4. The van der Waals surface area contributed by atoms with E-state index in [0.717, 1.165) is 43.4 Å². The first-order valence-electron chi connectivity index (χ1n) is 10.0. The maximum Gasteiger partial charge on any atom is 0.265 e. The standard InChI is InChI=1S/C21H29N3O3/c1-2-3-14-22-20(26)21(12-8-5-9-13-21)23-19(25)18-15-17(24-27-18)16-10-6-4-7-11-16/h4,6-7,10-11,18H,2-3,5,8-9,12-15H2,1H3,(H,22,26)(H,23,25). The van der Waals surface area contributed by atoms with Crippen molar-refractivity contribution in [3.05, 3.63) is 35.9 Å². The molecule has 1 aliphatic carbocycles. The van der Waals surface area contributed by atoms with Gasteiger partial charge < -0.3 is 15.5 Å². The van der Waals surface area contributed by atoms with Crippen molar-refractivity contribution < 1.29 is 14.4 Å². The highest BCUT2D eigenvalue weighted by molar-refractivity contribution is 6.04. The molecule has 1 heterocycles. The van der Waals surface area contributed by atoms with Gasteiger partial charge in [0.1, 0.15) is 5.54 Å². The van der Waals surface area contributed by atoms with Gasteiger partial charge in [-0.15, -0.1) is 0 Å². The Kier molecular flexibility index (Phi) is 6.48. The van der Waals surface area contributed by atoms with Crippen molar-refractivity contribution >= 4 is 17.5 Å². The van der Waals surface area contributed by atoms with Crippen molar-refractivity contribution in [3.63, 3.8) is 0 Å². The molecule has 3 rings (SSSR count). The van der Waals surface area contributed by atoms with Gasteiger partial charge in [0.15, 0.2) is 0 Å². The lowest BCUT2D eigenvalue weighted by Gasteiger charge is -2.37. The quantitative estimate of drug-likeness (QED) is 0.723. The molecule has 1 aliphatic heterocycles. The number of nitrogens with one attached hydrogen (secondary N) is 2. The molecule has 1 aromatic rings. The average Bonchev–Trinajstić information content (AvgIpc) is 3.20. The van der Waals surface area contributed by atoms with Gasteiger partial charge in [-0.1, -0.05) is 68.1 Å². The van der Waals surface area contributed by atoms with Crippen LogP contribution in [0.1, 0.15) is 63.9 Å². The van der Waals surface area contributed by atoms with Crippen LogP contribution in [0.5, 0.6) is 0 Å². The van der Waals surface area contributed by atoms with Gasteiger partial charge in [0, 0.05) is 13.0 Å². The zero-order valence-corrected chi connectivity index (χ0v) is 16.0. The summed E-state index contributed by atoms with van der Waals surface area (Å²) in [5.41, 5.74) is 0.903. The summed E-state index contributed by atoms with van der Waals surface area (Å²) in [5.74, 6) is -0.316. The second-order valence-electron chi connectivity index (χ2n) is 7.44. The van der Waals surface area contributed by atoms with E-state index in [1.807, 2.05) is 30.3 Å². The number of oxime groups is 1. The van der Waals surface area contributed by atoms with E-state index in [2.05, 4.69) is 22.7 Å². The van der Waals surface area contributed by atoms with Crippen molar-refractivity contribution in [2.45, 2.75) is 69.9 Å². The first-order valence-corrected chi connectivity index (χ1v) is 10.0. The van der Waals surface area contributed by atoms with Crippen molar-refractivity contribution in [2.75, 3.05) is 6.54 Å². The molecule has 2 amide bonds. The molecule has 27 heavy (non-hydrogen) atoms. The monoisotopic (exact) mass is 371 g/mol. The van der Waals surface area contributed by atoms with Gasteiger partial charge in [-0.05, 0) is 24.8 Å². The third-order valence-electron chi connectivity index (χ3n) is 5.39. The van der Waals surface area contributed by atoms with Gasteiger partial charge in [0.25, 0.3) is 5.91 Å². The third-order valence-corrected chi connectivity index (χ3v) is 5.39. The number of rotatable bonds is 7. The van der Waals surface area contributed by atoms with E-state index in [0.29, 0.717) is 25.8 Å². The molecule has 1 atom stereocenters. The van der Waals surface area contributed by atoms with Crippen LogP contribution < -0.4 is 10.6 Å². The molecule has 0 aromatic heterocycles. The Labute approximate surface area is 160 Å². The highest BCUT2D eigenvalue weighted by Gasteiger charge is 2.43. The normalized spacial score (nSPS) is 21.1. The van der Waals surface area contributed by atoms with Crippen LogP contribution in [0.2, 0.25) is 0 Å². The SMILES string of the molecule is CCCCNC(=O)C1(NC(=O)C2CC(c3ccccc3)=NO2)CCCCC1. The van der Waals surface area contributed by atoms with E-state index in [4.69, 9.17) is 4.84 Å². The fraction of sp³-hybridized carbons (Fsp3) is 0.571. The van der Waals surface area contributed by atoms with Gasteiger partial charge in [0.05, 0.1) is 5.71 Å². The Morgan fingerprint density at radius 3 is 2.63 bits per heavy atom. The lowest BCUT2D eigenvalue weighted by Crippen LogP contribution is -2.61. The summed E-state index contributed by atoms with van der Waals surface area (Å²) in [6.07, 6.45) is 6.04. The molecule has 6 nitrogen and oxygen atoms in total. The molecule has 2 aliphatic rings. The fourth-order valence-corrected chi connectivity index (χ4v) is 3.75. The maximum atomic E-state index is 12.8. The van der Waals surface area contributed by atoms with Crippen LogP contribution in [0.3, 0.4) is 0 Å². The summed E-state index contributed by atoms with van der Waals surface area (Å²) in [6.45, 7) is 2.74.